The number of hydrogen-bond acceptors (Lipinski definition) is 2. The van der Waals surface area contributed by atoms with Crippen LogP contribution in [0, 0.1) is 6.92 Å². The van der Waals surface area contributed by atoms with E-state index >= 15 is 0 Å². The molecule has 0 aliphatic rings. The molecule has 0 aliphatic carbocycles. The highest BCUT2D eigenvalue weighted by Gasteiger charge is 2.07. The Labute approximate surface area is 117 Å². The van der Waals surface area contributed by atoms with Crippen LogP contribution in [0.2, 0.25) is 0 Å². The van der Waals surface area contributed by atoms with Gasteiger partial charge in [-0.05, 0) is 24.6 Å². The minimum absolute atomic E-state index is 0.0371. The van der Waals surface area contributed by atoms with Gasteiger partial charge in [-0.25, -0.2) is 4.98 Å². The summed E-state index contributed by atoms with van der Waals surface area (Å²) in [5.41, 5.74) is 3.68. The summed E-state index contributed by atoms with van der Waals surface area (Å²) in [4.78, 5) is 16.3. The summed E-state index contributed by atoms with van der Waals surface area (Å²) in [6.07, 6.45) is 5.83. The largest absolute Gasteiger partial charge is 0.323 e. The highest BCUT2D eigenvalue weighted by molar-refractivity contribution is 5.95. The Kier molecular flexibility index (Phi) is 3.21. The standard InChI is InChI=1S/C16H15N3O/c1-12-4-6-13(7-5-12)11-15(20)18-14-3-2-9-19-10-8-17-16(14)19/h2-10H,11H2,1H3,(H,18,20). The summed E-state index contributed by atoms with van der Waals surface area (Å²) in [7, 11) is 0. The van der Waals surface area contributed by atoms with Gasteiger partial charge in [0.2, 0.25) is 5.91 Å². The third-order valence-corrected chi connectivity index (χ3v) is 3.18. The number of nitrogens with one attached hydrogen (secondary N) is 1. The Morgan fingerprint density at radius 2 is 2.00 bits per heavy atom. The van der Waals surface area contributed by atoms with Crippen LogP contribution in [0.15, 0.2) is 55.0 Å². The molecule has 20 heavy (non-hydrogen) atoms. The molecule has 2 heterocycles. The fourth-order valence-corrected chi connectivity index (χ4v) is 2.13. The van der Waals surface area contributed by atoms with Crippen molar-refractivity contribution in [3.8, 4) is 0 Å². The van der Waals surface area contributed by atoms with Gasteiger partial charge in [-0.15, -0.1) is 0 Å². The van der Waals surface area contributed by atoms with E-state index in [1.807, 2.05) is 60.1 Å². The van der Waals surface area contributed by atoms with Crippen LogP contribution >= 0.6 is 0 Å². The highest BCUT2D eigenvalue weighted by atomic mass is 16.1. The van der Waals surface area contributed by atoms with Gasteiger partial charge in [-0.1, -0.05) is 29.8 Å². The number of pyridine rings is 1. The maximum atomic E-state index is 12.1. The number of anilines is 1. The number of amides is 1. The van der Waals surface area contributed by atoms with E-state index in [0.29, 0.717) is 6.42 Å². The van der Waals surface area contributed by atoms with Crippen molar-refractivity contribution in [3.63, 3.8) is 0 Å². The molecule has 0 radical (unpaired) electrons. The first-order valence-corrected chi connectivity index (χ1v) is 6.49. The minimum atomic E-state index is -0.0371. The first-order valence-electron chi connectivity index (χ1n) is 6.49. The van der Waals surface area contributed by atoms with E-state index in [4.69, 9.17) is 0 Å². The average Bonchev–Trinajstić information content (AvgIpc) is 2.91. The third kappa shape index (κ3) is 2.54. The second-order valence-electron chi connectivity index (χ2n) is 4.79. The van der Waals surface area contributed by atoms with Crippen molar-refractivity contribution in [1.29, 1.82) is 0 Å². The molecule has 0 bridgehead atoms. The smallest absolute Gasteiger partial charge is 0.228 e. The molecule has 2 aromatic heterocycles. The predicted molar refractivity (Wildman–Crippen MR) is 78.7 cm³/mol. The van der Waals surface area contributed by atoms with Gasteiger partial charge in [0.25, 0.3) is 0 Å². The first kappa shape index (κ1) is 12.4. The number of hydrogen-bond donors (Lipinski definition) is 1. The molecule has 4 heteroatoms. The van der Waals surface area contributed by atoms with Crippen molar-refractivity contribution < 1.29 is 4.79 Å². The Morgan fingerprint density at radius 3 is 2.80 bits per heavy atom. The number of imidazole rings is 1. The fourth-order valence-electron chi connectivity index (χ4n) is 2.13. The second-order valence-corrected chi connectivity index (χ2v) is 4.79. The predicted octanol–water partition coefficient (Wildman–Crippen LogP) is 2.82. The molecule has 1 N–H and O–H groups in total. The number of benzene rings is 1. The van der Waals surface area contributed by atoms with Gasteiger partial charge >= 0.3 is 0 Å². The van der Waals surface area contributed by atoms with E-state index in [2.05, 4.69) is 10.3 Å². The molecule has 1 aromatic carbocycles. The minimum Gasteiger partial charge on any atom is -0.323 e. The molecule has 0 unspecified atom stereocenters. The lowest BCUT2D eigenvalue weighted by Gasteiger charge is -2.07. The van der Waals surface area contributed by atoms with Crippen LogP contribution in [-0.4, -0.2) is 15.3 Å². The van der Waals surface area contributed by atoms with Crippen LogP contribution in [0.1, 0.15) is 11.1 Å². The van der Waals surface area contributed by atoms with E-state index in [1.165, 1.54) is 5.56 Å². The summed E-state index contributed by atoms with van der Waals surface area (Å²) in [6.45, 7) is 2.03. The van der Waals surface area contributed by atoms with Crippen LogP contribution < -0.4 is 5.32 Å². The summed E-state index contributed by atoms with van der Waals surface area (Å²) in [6, 6.07) is 11.7. The number of rotatable bonds is 3. The maximum absolute atomic E-state index is 12.1. The molecule has 0 aliphatic heterocycles. The second kappa shape index (κ2) is 5.17. The molecule has 0 saturated heterocycles. The lowest BCUT2D eigenvalue weighted by atomic mass is 10.1. The molecular formula is C16H15N3O. The fraction of sp³-hybridized carbons (Fsp3) is 0.125. The molecule has 1 amide bonds. The number of aryl methyl sites for hydroxylation is 1. The molecule has 0 atom stereocenters. The highest BCUT2D eigenvalue weighted by Crippen LogP contribution is 2.15. The lowest BCUT2D eigenvalue weighted by Crippen LogP contribution is -2.15. The zero-order valence-corrected chi connectivity index (χ0v) is 11.2. The first-order chi connectivity index (χ1) is 9.72. The number of carbonyl (C=O) groups excluding carboxylic acids is 1. The molecular weight excluding hydrogens is 250 g/mol. The van der Waals surface area contributed by atoms with Gasteiger partial charge in [-0.3, -0.25) is 4.79 Å². The van der Waals surface area contributed by atoms with Crippen molar-refractivity contribution in [3.05, 3.63) is 66.1 Å². The van der Waals surface area contributed by atoms with Crippen molar-refractivity contribution in [2.24, 2.45) is 0 Å². The van der Waals surface area contributed by atoms with Crippen LogP contribution in [0.3, 0.4) is 0 Å². The molecule has 100 valence electrons. The van der Waals surface area contributed by atoms with Crippen LogP contribution in [0.5, 0.6) is 0 Å². The molecule has 3 rings (SSSR count). The molecule has 3 aromatic rings. The topological polar surface area (TPSA) is 46.4 Å². The van der Waals surface area contributed by atoms with Crippen LogP contribution in [0.25, 0.3) is 5.65 Å². The Balaban J connectivity index is 1.76. The maximum Gasteiger partial charge on any atom is 0.228 e. The zero-order valence-electron chi connectivity index (χ0n) is 11.2. The lowest BCUT2D eigenvalue weighted by molar-refractivity contribution is -0.115. The van der Waals surface area contributed by atoms with Gasteiger partial charge in [-0.2, -0.15) is 0 Å². The van der Waals surface area contributed by atoms with E-state index in [1.54, 1.807) is 6.20 Å². The van der Waals surface area contributed by atoms with Gasteiger partial charge in [0.15, 0.2) is 5.65 Å². The summed E-state index contributed by atoms with van der Waals surface area (Å²) in [5.74, 6) is -0.0371. The molecule has 0 spiro atoms. The Hall–Kier alpha value is -2.62. The average molecular weight is 265 g/mol. The Morgan fingerprint density at radius 1 is 1.20 bits per heavy atom. The SMILES string of the molecule is Cc1ccc(CC(=O)Nc2cccn3ccnc23)cc1. The third-order valence-electron chi connectivity index (χ3n) is 3.18. The van der Waals surface area contributed by atoms with E-state index < -0.39 is 0 Å². The monoisotopic (exact) mass is 265 g/mol. The van der Waals surface area contributed by atoms with Crippen LogP contribution in [0.4, 0.5) is 5.69 Å². The summed E-state index contributed by atoms with van der Waals surface area (Å²) >= 11 is 0. The van der Waals surface area contributed by atoms with Gasteiger partial charge in [0, 0.05) is 18.6 Å². The molecule has 4 nitrogen and oxygen atoms in total. The summed E-state index contributed by atoms with van der Waals surface area (Å²) in [5, 5.41) is 2.91. The summed E-state index contributed by atoms with van der Waals surface area (Å²) < 4.78 is 1.88. The van der Waals surface area contributed by atoms with Gasteiger partial charge < -0.3 is 9.72 Å². The van der Waals surface area contributed by atoms with Crippen molar-refractivity contribution in [1.82, 2.24) is 9.38 Å². The van der Waals surface area contributed by atoms with Gasteiger partial charge in [0.05, 0.1) is 12.1 Å². The van der Waals surface area contributed by atoms with E-state index in [9.17, 15) is 4.79 Å². The zero-order chi connectivity index (χ0) is 13.9. The number of carbonyl (C=O) groups is 1. The van der Waals surface area contributed by atoms with Crippen molar-refractivity contribution in [2.75, 3.05) is 5.32 Å². The normalized spacial score (nSPS) is 10.7. The van der Waals surface area contributed by atoms with Crippen molar-refractivity contribution in [2.45, 2.75) is 13.3 Å². The Bertz CT molecular complexity index is 744. The molecule has 0 fully saturated rings. The van der Waals surface area contributed by atoms with Crippen LogP contribution in [-0.2, 0) is 11.2 Å². The van der Waals surface area contributed by atoms with Gasteiger partial charge in [0.1, 0.15) is 0 Å². The number of nitrogens with zero attached hydrogens (tertiary/aromatic N) is 2. The van der Waals surface area contributed by atoms with Crippen molar-refractivity contribution >= 4 is 17.2 Å². The molecule has 0 saturated carbocycles. The number of fused-ring (bicyclic) bond motifs is 1. The number of aromatic nitrogens is 2. The van der Waals surface area contributed by atoms with E-state index in [0.717, 1.165) is 16.9 Å². The quantitative estimate of drug-likeness (QED) is 0.791. The van der Waals surface area contributed by atoms with E-state index in [-0.39, 0.29) is 5.91 Å².